The summed E-state index contributed by atoms with van der Waals surface area (Å²) in [5.74, 6) is 1.06. The standard InChI is InChI=1S/C15H24N2O3S/c1-11-4-3-5-12(7-6-11)17-21(18,19)13-8-9-14(16)15(10-13)20-2/h8-12,17H,3-7,16H2,1-2H3. The van der Waals surface area contributed by atoms with Crippen molar-refractivity contribution in [1.29, 1.82) is 0 Å². The van der Waals surface area contributed by atoms with E-state index in [0.29, 0.717) is 17.4 Å². The van der Waals surface area contributed by atoms with Crippen molar-refractivity contribution in [1.82, 2.24) is 4.72 Å². The van der Waals surface area contributed by atoms with E-state index in [-0.39, 0.29) is 10.9 Å². The Morgan fingerprint density at radius 1 is 1.24 bits per heavy atom. The van der Waals surface area contributed by atoms with Gasteiger partial charge in [0.25, 0.3) is 0 Å². The van der Waals surface area contributed by atoms with Gasteiger partial charge in [-0.15, -0.1) is 0 Å². The first-order valence-corrected chi connectivity index (χ1v) is 8.86. The highest BCUT2D eigenvalue weighted by Gasteiger charge is 2.23. The number of ether oxygens (including phenoxy) is 1. The molecular formula is C15H24N2O3S. The molecule has 5 nitrogen and oxygen atoms in total. The average molecular weight is 312 g/mol. The number of hydrogen-bond acceptors (Lipinski definition) is 4. The molecule has 0 saturated heterocycles. The molecule has 0 amide bonds. The lowest BCUT2D eigenvalue weighted by atomic mass is 10.0. The Bertz CT molecular complexity index is 587. The molecule has 0 heterocycles. The van der Waals surface area contributed by atoms with Gasteiger partial charge in [0.15, 0.2) is 0 Å². The van der Waals surface area contributed by atoms with Crippen LogP contribution >= 0.6 is 0 Å². The van der Waals surface area contributed by atoms with Gasteiger partial charge >= 0.3 is 0 Å². The number of nitrogens with two attached hydrogens (primary N) is 1. The molecule has 2 unspecified atom stereocenters. The minimum atomic E-state index is -3.53. The number of rotatable bonds is 4. The SMILES string of the molecule is COc1cc(S(=O)(=O)NC2CCCC(C)CC2)ccc1N. The van der Waals surface area contributed by atoms with Gasteiger partial charge in [-0.05, 0) is 37.3 Å². The van der Waals surface area contributed by atoms with Gasteiger partial charge < -0.3 is 10.5 Å². The first kappa shape index (κ1) is 16.1. The second-order valence-corrected chi connectivity index (χ2v) is 7.55. The van der Waals surface area contributed by atoms with Crippen molar-refractivity contribution >= 4 is 15.7 Å². The number of sulfonamides is 1. The molecule has 2 rings (SSSR count). The Hall–Kier alpha value is -1.27. The molecule has 0 aromatic heterocycles. The summed E-state index contributed by atoms with van der Waals surface area (Å²) < 4.78 is 32.8. The minimum Gasteiger partial charge on any atom is -0.495 e. The van der Waals surface area contributed by atoms with Gasteiger partial charge in [0.05, 0.1) is 17.7 Å². The quantitative estimate of drug-likeness (QED) is 0.661. The molecule has 1 aliphatic carbocycles. The van der Waals surface area contributed by atoms with Crippen LogP contribution in [-0.2, 0) is 10.0 Å². The Kier molecular flexibility index (Phi) is 5.11. The zero-order valence-electron chi connectivity index (χ0n) is 12.6. The Balaban J connectivity index is 2.14. The molecule has 1 aromatic carbocycles. The normalized spacial score (nSPS) is 23.5. The Labute approximate surface area is 126 Å². The van der Waals surface area contributed by atoms with E-state index in [2.05, 4.69) is 11.6 Å². The first-order valence-electron chi connectivity index (χ1n) is 7.38. The molecule has 1 saturated carbocycles. The molecule has 0 bridgehead atoms. The van der Waals surface area contributed by atoms with Crippen LogP contribution in [0.5, 0.6) is 5.75 Å². The van der Waals surface area contributed by atoms with Gasteiger partial charge in [0.1, 0.15) is 5.75 Å². The molecule has 118 valence electrons. The van der Waals surface area contributed by atoms with Gasteiger partial charge in [-0.3, -0.25) is 0 Å². The number of methoxy groups -OCH3 is 1. The highest BCUT2D eigenvalue weighted by molar-refractivity contribution is 7.89. The van der Waals surface area contributed by atoms with Crippen LogP contribution in [-0.4, -0.2) is 21.6 Å². The number of benzene rings is 1. The highest BCUT2D eigenvalue weighted by atomic mass is 32.2. The van der Waals surface area contributed by atoms with E-state index in [1.54, 1.807) is 6.07 Å². The van der Waals surface area contributed by atoms with Crippen molar-refractivity contribution in [3.05, 3.63) is 18.2 Å². The molecule has 0 spiro atoms. The maximum Gasteiger partial charge on any atom is 0.240 e. The summed E-state index contributed by atoms with van der Waals surface area (Å²) in [5.41, 5.74) is 6.15. The van der Waals surface area contributed by atoms with Gasteiger partial charge in [0.2, 0.25) is 10.0 Å². The number of nitrogen functional groups attached to an aromatic ring is 1. The summed E-state index contributed by atoms with van der Waals surface area (Å²) in [6, 6.07) is 4.56. The molecular weight excluding hydrogens is 288 g/mol. The Morgan fingerprint density at radius 2 is 2.00 bits per heavy atom. The van der Waals surface area contributed by atoms with E-state index in [4.69, 9.17) is 10.5 Å². The number of anilines is 1. The van der Waals surface area contributed by atoms with Crippen LogP contribution in [0.15, 0.2) is 23.1 Å². The van der Waals surface area contributed by atoms with Crippen LogP contribution in [0.25, 0.3) is 0 Å². The number of nitrogens with one attached hydrogen (secondary N) is 1. The van der Waals surface area contributed by atoms with Gasteiger partial charge in [0, 0.05) is 12.1 Å². The average Bonchev–Trinajstić information content (AvgIpc) is 2.63. The van der Waals surface area contributed by atoms with Gasteiger partial charge in [-0.1, -0.05) is 19.8 Å². The number of hydrogen-bond donors (Lipinski definition) is 2. The first-order chi connectivity index (χ1) is 9.92. The Morgan fingerprint density at radius 3 is 2.71 bits per heavy atom. The largest absolute Gasteiger partial charge is 0.495 e. The molecule has 6 heteroatoms. The van der Waals surface area contributed by atoms with Crippen LogP contribution < -0.4 is 15.2 Å². The molecule has 1 fully saturated rings. The van der Waals surface area contributed by atoms with Crippen molar-refractivity contribution in [2.24, 2.45) is 5.92 Å². The summed E-state index contributed by atoms with van der Waals surface area (Å²) in [6.45, 7) is 2.22. The molecule has 2 atom stereocenters. The van der Waals surface area contributed by atoms with Gasteiger partial charge in [-0.2, -0.15) is 0 Å². The third-order valence-corrected chi connectivity index (χ3v) is 5.61. The summed E-state index contributed by atoms with van der Waals surface area (Å²) >= 11 is 0. The third kappa shape index (κ3) is 4.11. The van der Waals surface area contributed by atoms with E-state index in [1.165, 1.54) is 25.7 Å². The van der Waals surface area contributed by atoms with Crippen LogP contribution in [0, 0.1) is 5.92 Å². The summed E-state index contributed by atoms with van der Waals surface area (Å²) in [6.07, 6.45) is 5.10. The van der Waals surface area contributed by atoms with Crippen LogP contribution in [0.4, 0.5) is 5.69 Å². The van der Waals surface area contributed by atoms with Crippen molar-refractivity contribution in [2.75, 3.05) is 12.8 Å². The molecule has 1 aromatic rings. The van der Waals surface area contributed by atoms with Crippen molar-refractivity contribution < 1.29 is 13.2 Å². The lowest BCUT2D eigenvalue weighted by Crippen LogP contribution is -2.34. The maximum absolute atomic E-state index is 12.5. The molecule has 0 radical (unpaired) electrons. The third-order valence-electron chi connectivity index (χ3n) is 4.09. The minimum absolute atomic E-state index is 0.0171. The van der Waals surface area contributed by atoms with Crippen molar-refractivity contribution in [2.45, 2.75) is 50.0 Å². The summed E-state index contributed by atoms with van der Waals surface area (Å²) in [7, 11) is -2.05. The summed E-state index contributed by atoms with van der Waals surface area (Å²) in [4.78, 5) is 0.200. The van der Waals surface area contributed by atoms with Crippen LogP contribution in [0.1, 0.15) is 39.0 Å². The lowest BCUT2D eigenvalue weighted by Gasteiger charge is -2.17. The van der Waals surface area contributed by atoms with Crippen LogP contribution in [0.2, 0.25) is 0 Å². The molecule has 3 N–H and O–H groups in total. The molecule has 0 aliphatic heterocycles. The van der Waals surface area contributed by atoms with E-state index < -0.39 is 10.0 Å². The fourth-order valence-corrected chi connectivity index (χ4v) is 4.07. The molecule has 1 aliphatic rings. The molecule has 21 heavy (non-hydrogen) atoms. The fraction of sp³-hybridized carbons (Fsp3) is 0.600. The topological polar surface area (TPSA) is 81.4 Å². The predicted molar refractivity (Wildman–Crippen MR) is 83.8 cm³/mol. The maximum atomic E-state index is 12.5. The monoisotopic (exact) mass is 312 g/mol. The van der Waals surface area contributed by atoms with Crippen LogP contribution in [0.3, 0.4) is 0 Å². The second-order valence-electron chi connectivity index (χ2n) is 5.84. The van der Waals surface area contributed by atoms with E-state index in [0.717, 1.165) is 25.7 Å². The fourth-order valence-electron chi connectivity index (χ4n) is 2.75. The smallest absolute Gasteiger partial charge is 0.240 e. The summed E-state index contributed by atoms with van der Waals surface area (Å²) in [5, 5.41) is 0. The lowest BCUT2D eigenvalue weighted by molar-refractivity contribution is 0.415. The van der Waals surface area contributed by atoms with E-state index >= 15 is 0 Å². The van der Waals surface area contributed by atoms with Gasteiger partial charge in [-0.25, -0.2) is 13.1 Å². The zero-order chi connectivity index (χ0) is 15.5. The highest BCUT2D eigenvalue weighted by Crippen LogP contribution is 2.27. The van der Waals surface area contributed by atoms with Crippen molar-refractivity contribution in [3.63, 3.8) is 0 Å². The second kappa shape index (κ2) is 6.66. The van der Waals surface area contributed by atoms with E-state index in [9.17, 15) is 8.42 Å². The van der Waals surface area contributed by atoms with Crippen molar-refractivity contribution in [3.8, 4) is 5.75 Å². The van der Waals surface area contributed by atoms with E-state index in [1.807, 2.05) is 0 Å². The predicted octanol–water partition coefficient (Wildman–Crippen LogP) is 2.52. The zero-order valence-corrected chi connectivity index (χ0v) is 13.4.